The average molecular weight is 149 g/mol. The molecule has 1 nitrogen and oxygen atoms in total. The monoisotopic (exact) mass is 149 g/mol. The Balaban J connectivity index is 2.18. The molecule has 60 valence electrons. The molecule has 1 rings (SSSR count). The van der Waals surface area contributed by atoms with Crippen molar-refractivity contribution >= 4 is 0 Å². The molecular weight excluding hydrogens is 134 g/mol. The van der Waals surface area contributed by atoms with Crippen LogP contribution in [0.1, 0.15) is 26.2 Å². The van der Waals surface area contributed by atoms with E-state index in [1.54, 1.807) is 0 Å². The third-order valence-corrected chi connectivity index (χ3v) is 1.88. The van der Waals surface area contributed by atoms with Crippen LogP contribution in [0.5, 0.6) is 0 Å². The Hall–Kier alpha value is -0.740. The van der Waals surface area contributed by atoms with Gasteiger partial charge in [0.2, 0.25) is 0 Å². The summed E-state index contributed by atoms with van der Waals surface area (Å²) >= 11 is 0. The van der Waals surface area contributed by atoms with E-state index in [4.69, 9.17) is 0 Å². The lowest BCUT2D eigenvalue weighted by Crippen LogP contribution is -2.28. The normalized spacial score (nSPS) is 22.5. The van der Waals surface area contributed by atoms with Crippen molar-refractivity contribution in [1.29, 1.82) is 0 Å². The fraction of sp³-hybridized carbons (Fsp3) is 0.600. The molecule has 0 spiro atoms. The van der Waals surface area contributed by atoms with Gasteiger partial charge >= 0.3 is 0 Å². The predicted octanol–water partition coefficient (Wildman–Crippen LogP) is 1.71. The fourth-order valence-corrected chi connectivity index (χ4v) is 1.25. The van der Waals surface area contributed by atoms with Gasteiger partial charge in [0.1, 0.15) is 0 Å². The van der Waals surface area contributed by atoms with E-state index in [0.29, 0.717) is 6.04 Å². The van der Waals surface area contributed by atoms with Crippen molar-refractivity contribution in [3.8, 4) is 11.8 Å². The third-order valence-electron chi connectivity index (χ3n) is 1.88. The van der Waals surface area contributed by atoms with Gasteiger partial charge in [-0.1, -0.05) is 18.1 Å². The molecule has 0 saturated heterocycles. The number of nitrogens with one attached hydrogen (secondary N) is 1. The number of rotatable bonds is 2. The SMILES string of the molecule is CC#CCNC1C=CCCC1. The van der Waals surface area contributed by atoms with Crippen LogP contribution in [0.2, 0.25) is 0 Å². The smallest absolute Gasteiger partial charge is 0.0580 e. The van der Waals surface area contributed by atoms with Crippen molar-refractivity contribution in [3.63, 3.8) is 0 Å². The van der Waals surface area contributed by atoms with Crippen LogP contribution in [-0.4, -0.2) is 12.6 Å². The molecule has 1 aliphatic carbocycles. The molecule has 0 bridgehead atoms. The maximum Gasteiger partial charge on any atom is 0.0580 e. The molecule has 0 aromatic rings. The Bertz CT molecular complexity index is 183. The number of hydrogen-bond acceptors (Lipinski definition) is 1. The highest BCUT2D eigenvalue weighted by molar-refractivity contribution is 5.02. The minimum atomic E-state index is 0.574. The van der Waals surface area contributed by atoms with Gasteiger partial charge < -0.3 is 0 Å². The van der Waals surface area contributed by atoms with Gasteiger partial charge in [-0.15, -0.1) is 5.92 Å². The zero-order valence-electron chi connectivity index (χ0n) is 7.06. The molecule has 0 saturated carbocycles. The van der Waals surface area contributed by atoms with Crippen molar-refractivity contribution in [2.24, 2.45) is 0 Å². The summed E-state index contributed by atoms with van der Waals surface area (Å²) in [4.78, 5) is 0. The minimum absolute atomic E-state index is 0.574. The largest absolute Gasteiger partial charge is 0.300 e. The minimum Gasteiger partial charge on any atom is -0.300 e. The van der Waals surface area contributed by atoms with E-state index < -0.39 is 0 Å². The molecule has 1 N–H and O–H groups in total. The fourth-order valence-electron chi connectivity index (χ4n) is 1.25. The van der Waals surface area contributed by atoms with E-state index in [9.17, 15) is 0 Å². The third kappa shape index (κ3) is 3.25. The molecule has 1 heteroatoms. The molecule has 0 aliphatic heterocycles. The van der Waals surface area contributed by atoms with Crippen LogP contribution < -0.4 is 5.32 Å². The van der Waals surface area contributed by atoms with Crippen molar-refractivity contribution in [1.82, 2.24) is 5.32 Å². The van der Waals surface area contributed by atoms with Crippen LogP contribution in [0.3, 0.4) is 0 Å². The summed E-state index contributed by atoms with van der Waals surface area (Å²) < 4.78 is 0. The van der Waals surface area contributed by atoms with E-state index >= 15 is 0 Å². The van der Waals surface area contributed by atoms with Crippen molar-refractivity contribution in [2.75, 3.05) is 6.54 Å². The van der Waals surface area contributed by atoms with Crippen molar-refractivity contribution < 1.29 is 0 Å². The van der Waals surface area contributed by atoms with Crippen molar-refractivity contribution in [3.05, 3.63) is 12.2 Å². The van der Waals surface area contributed by atoms with E-state index in [0.717, 1.165) is 6.54 Å². The Morgan fingerprint density at radius 1 is 1.64 bits per heavy atom. The topological polar surface area (TPSA) is 12.0 Å². The van der Waals surface area contributed by atoms with Crippen LogP contribution in [0.15, 0.2) is 12.2 Å². The molecular formula is C10H15N. The maximum atomic E-state index is 3.36. The van der Waals surface area contributed by atoms with Gasteiger partial charge in [-0.3, -0.25) is 5.32 Å². The Kier molecular flexibility index (Phi) is 3.79. The molecule has 0 radical (unpaired) electrons. The van der Waals surface area contributed by atoms with E-state index in [1.807, 2.05) is 6.92 Å². The zero-order valence-corrected chi connectivity index (χ0v) is 7.06. The highest BCUT2D eigenvalue weighted by atomic mass is 14.9. The van der Waals surface area contributed by atoms with E-state index in [-0.39, 0.29) is 0 Å². The first-order chi connectivity index (χ1) is 5.43. The molecule has 11 heavy (non-hydrogen) atoms. The molecule has 1 unspecified atom stereocenters. The summed E-state index contributed by atoms with van der Waals surface area (Å²) in [5.74, 6) is 5.87. The summed E-state index contributed by atoms with van der Waals surface area (Å²) in [6.07, 6.45) is 8.33. The summed E-state index contributed by atoms with van der Waals surface area (Å²) in [5, 5.41) is 3.36. The standard InChI is InChI=1S/C10H15N/c1-2-3-9-11-10-7-5-4-6-8-10/h5,7,10-11H,4,6,8-9H2,1H3. The molecule has 1 aliphatic rings. The summed E-state index contributed by atoms with van der Waals surface area (Å²) in [6, 6.07) is 0.574. The second-order valence-corrected chi connectivity index (χ2v) is 2.77. The highest BCUT2D eigenvalue weighted by Gasteiger charge is 2.04. The summed E-state index contributed by atoms with van der Waals surface area (Å²) in [7, 11) is 0. The lowest BCUT2D eigenvalue weighted by Gasteiger charge is -2.15. The van der Waals surface area contributed by atoms with Gasteiger partial charge in [0.15, 0.2) is 0 Å². The van der Waals surface area contributed by atoms with Gasteiger partial charge in [0, 0.05) is 6.04 Å². The summed E-state index contributed by atoms with van der Waals surface area (Å²) in [5.41, 5.74) is 0. The molecule has 0 amide bonds. The zero-order chi connectivity index (χ0) is 7.94. The highest BCUT2D eigenvalue weighted by Crippen LogP contribution is 2.09. The van der Waals surface area contributed by atoms with Gasteiger partial charge in [-0.05, 0) is 26.2 Å². The predicted molar refractivity (Wildman–Crippen MR) is 48.2 cm³/mol. The van der Waals surface area contributed by atoms with E-state index in [2.05, 4.69) is 29.3 Å². The van der Waals surface area contributed by atoms with Gasteiger partial charge in [0.25, 0.3) is 0 Å². The second-order valence-electron chi connectivity index (χ2n) is 2.77. The van der Waals surface area contributed by atoms with Crippen molar-refractivity contribution in [2.45, 2.75) is 32.2 Å². The Morgan fingerprint density at radius 2 is 2.55 bits per heavy atom. The van der Waals surface area contributed by atoms with Crippen LogP contribution in [0.4, 0.5) is 0 Å². The lowest BCUT2D eigenvalue weighted by molar-refractivity contribution is 0.551. The van der Waals surface area contributed by atoms with Crippen LogP contribution in [0, 0.1) is 11.8 Å². The van der Waals surface area contributed by atoms with Gasteiger partial charge in [0.05, 0.1) is 6.54 Å². The van der Waals surface area contributed by atoms with Crippen LogP contribution in [0.25, 0.3) is 0 Å². The molecule has 0 heterocycles. The van der Waals surface area contributed by atoms with Crippen LogP contribution in [-0.2, 0) is 0 Å². The van der Waals surface area contributed by atoms with Crippen LogP contribution >= 0.6 is 0 Å². The Labute approximate surface area is 68.9 Å². The number of allylic oxidation sites excluding steroid dienone is 1. The second kappa shape index (κ2) is 4.98. The first-order valence-electron chi connectivity index (χ1n) is 4.23. The maximum absolute atomic E-state index is 3.36. The lowest BCUT2D eigenvalue weighted by atomic mass is 10.0. The molecule has 0 aromatic heterocycles. The molecule has 0 fully saturated rings. The van der Waals surface area contributed by atoms with Gasteiger partial charge in [-0.25, -0.2) is 0 Å². The summed E-state index contributed by atoms with van der Waals surface area (Å²) in [6.45, 7) is 2.70. The molecule has 0 aromatic carbocycles. The van der Waals surface area contributed by atoms with Gasteiger partial charge in [-0.2, -0.15) is 0 Å². The van der Waals surface area contributed by atoms with E-state index in [1.165, 1.54) is 19.3 Å². The molecule has 1 atom stereocenters. The Morgan fingerprint density at radius 3 is 3.18 bits per heavy atom. The average Bonchev–Trinajstić information content (AvgIpc) is 2.07. The first kappa shape index (κ1) is 8.36. The quantitative estimate of drug-likeness (QED) is 0.465. The first-order valence-corrected chi connectivity index (χ1v) is 4.23. The number of hydrogen-bond donors (Lipinski definition) is 1.